The summed E-state index contributed by atoms with van der Waals surface area (Å²) in [6.07, 6.45) is 1.28. The summed E-state index contributed by atoms with van der Waals surface area (Å²) in [6.45, 7) is 4.68. The van der Waals surface area contributed by atoms with Crippen molar-refractivity contribution in [1.82, 2.24) is 4.98 Å². The third-order valence-electron chi connectivity index (χ3n) is 5.73. The highest BCUT2D eigenvalue weighted by Gasteiger charge is 2.71. The molecule has 1 aromatic carbocycles. The molecule has 0 saturated carbocycles. The highest BCUT2D eigenvalue weighted by atomic mass is 35.5. The van der Waals surface area contributed by atoms with Gasteiger partial charge in [0, 0.05) is 17.4 Å². The van der Waals surface area contributed by atoms with Crippen LogP contribution in [0.1, 0.15) is 43.7 Å². The Morgan fingerprint density at radius 3 is 2.47 bits per heavy atom. The Hall–Kier alpha value is -2.30. The van der Waals surface area contributed by atoms with E-state index in [0.717, 1.165) is 26.0 Å². The summed E-state index contributed by atoms with van der Waals surface area (Å²) >= 11 is 6.30. The molecule has 0 fully saturated rings. The molecule has 2 aromatic rings. The molecule has 1 aromatic heterocycles. The number of rotatable bonds is 4. The minimum Gasteiger partial charge on any atom is -0.389 e. The van der Waals surface area contributed by atoms with Crippen molar-refractivity contribution in [2.45, 2.75) is 49.5 Å². The number of carbonyl (C=O) groups excluding carboxylic acids is 1. The summed E-state index contributed by atoms with van der Waals surface area (Å²) in [4.78, 5) is 20.3. The highest BCUT2D eigenvalue weighted by Crippen LogP contribution is 2.59. The number of nitrogens with zero attached hydrogens (tertiary/aromatic N) is 2. The molecule has 0 bridgehead atoms. The number of pyridine rings is 1. The van der Waals surface area contributed by atoms with Crippen molar-refractivity contribution < 1.29 is 23.1 Å². The molecule has 1 aliphatic heterocycles. The Morgan fingerprint density at radius 1 is 1.25 bits per heavy atom. The second-order valence-corrected chi connectivity index (χ2v) is 10.2. The molecular weight excluding hydrogens is 465 g/mol. The molecule has 0 aliphatic carbocycles. The number of aliphatic imine (C=N–C) groups is 1. The molecule has 2 heterocycles. The molecule has 32 heavy (non-hydrogen) atoms. The first-order chi connectivity index (χ1) is 14.6. The van der Waals surface area contributed by atoms with Crippen molar-refractivity contribution in [1.29, 1.82) is 0 Å². The standard InChI is InChI=1S/C21H22ClF3N4O2S/c1-18(2,31)20(4)21(24,25)19(3,29-17(26)32-20)13-9-12(6-7-14(13)23)28-16(30)15-8-5-11(22)10-27-15/h5-10,31H,1-4H3,(H2,26,29)(H,28,30)/t19-,20+/m1/s1. The number of amides is 1. The van der Waals surface area contributed by atoms with Crippen LogP contribution in [0.25, 0.3) is 0 Å². The van der Waals surface area contributed by atoms with Crippen LogP contribution in [-0.2, 0) is 5.54 Å². The predicted octanol–water partition coefficient (Wildman–Crippen LogP) is 4.57. The predicted molar refractivity (Wildman–Crippen MR) is 120 cm³/mol. The van der Waals surface area contributed by atoms with Crippen molar-refractivity contribution in [3.63, 3.8) is 0 Å². The lowest BCUT2D eigenvalue weighted by Crippen LogP contribution is -2.67. The van der Waals surface area contributed by atoms with Crippen LogP contribution in [0.4, 0.5) is 18.9 Å². The number of thioether (sulfide) groups is 1. The van der Waals surface area contributed by atoms with E-state index in [2.05, 4.69) is 15.3 Å². The summed E-state index contributed by atoms with van der Waals surface area (Å²) in [5.74, 6) is -5.34. The van der Waals surface area contributed by atoms with Gasteiger partial charge in [-0.2, -0.15) is 0 Å². The lowest BCUT2D eigenvalue weighted by molar-refractivity contribution is -0.151. The number of nitrogens with one attached hydrogen (secondary N) is 1. The van der Waals surface area contributed by atoms with Gasteiger partial charge in [0.1, 0.15) is 16.3 Å². The molecule has 0 radical (unpaired) electrons. The maximum absolute atomic E-state index is 15.9. The number of aromatic nitrogens is 1. The first-order valence-corrected chi connectivity index (χ1v) is 10.7. The van der Waals surface area contributed by atoms with Crippen LogP contribution < -0.4 is 11.1 Å². The van der Waals surface area contributed by atoms with Gasteiger partial charge in [0.15, 0.2) is 10.7 Å². The van der Waals surface area contributed by atoms with Crippen molar-refractivity contribution in [3.8, 4) is 0 Å². The van der Waals surface area contributed by atoms with Crippen molar-refractivity contribution in [2.75, 3.05) is 5.32 Å². The fraction of sp³-hybridized carbons (Fsp3) is 0.381. The fourth-order valence-electron chi connectivity index (χ4n) is 3.47. The SMILES string of the molecule is CC(C)(O)[C@]1(C)SC(N)=N[C@](C)(c2cc(NC(=O)c3ccc(Cl)cn3)ccc2F)C1(F)F. The largest absolute Gasteiger partial charge is 0.389 e. The van der Waals surface area contributed by atoms with E-state index in [9.17, 15) is 14.3 Å². The molecule has 2 atom stereocenters. The number of hydrogen-bond acceptors (Lipinski definition) is 6. The van der Waals surface area contributed by atoms with Crippen LogP contribution in [0.15, 0.2) is 41.5 Å². The van der Waals surface area contributed by atoms with Crippen LogP contribution in [0, 0.1) is 5.82 Å². The van der Waals surface area contributed by atoms with E-state index in [4.69, 9.17) is 17.3 Å². The number of anilines is 1. The van der Waals surface area contributed by atoms with Crippen LogP contribution in [0.5, 0.6) is 0 Å². The van der Waals surface area contributed by atoms with Crippen LogP contribution in [0.3, 0.4) is 0 Å². The second-order valence-electron chi connectivity index (χ2n) is 8.30. The van der Waals surface area contributed by atoms with Crippen LogP contribution in [-0.4, -0.2) is 37.4 Å². The topological polar surface area (TPSA) is 101 Å². The maximum Gasteiger partial charge on any atom is 0.294 e. The molecule has 11 heteroatoms. The highest BCUT2D eigenvalue weighted by molar-refractivity contribution is 8.15. The van der Waals surface area contributed by atoms with E-state index in [0.29, 0.717) is 16.8 Å². The molecule has 4 N–H and O–H groups in total. The molecule has 3 rings (SSSR count). The molecule has 1 amide bonds. The number of alkyl halides is 2. The third kappa shape index (κ3) is 3.84. The van der Waals surface area contributed by atoms with Crippen LogP contribution in [0.2, 0.25) is 5.02 Å². The Kier molecular flexibility index (Phi) is 6.03. The van der Waals surface area contributed by atoms with Crippen molar-refractivity contribution in [2.24, 2.45) is 10.7 Å². The Bertz CT molecular complexity index is 1090. The molecular formula is C21H22ClF3N4O2S. The number of aliphatic hydroxyl groups is 1. The van der Waals surface area contributed by atoms with Gasteiger partial charge in [0.25, 0.3) is 11.8 Å². The monoisotopic (exact) mass is 486 g/mol. The van der Waals surface area contributed by atoms with E-state index < -0.39 is 39.1 Å². The summed E-state index contributed by atoms with van der Waals surface area (Å²) in [7, 11) is 0. The number of hydrogen-bond donors (Lipinski definition) is 3. The number of nitrogens with two attached hydrogens (primary N) is 1. The van der Waals surface area contributed by atoms with E-state index in [1.54, 1.807) is 0 Å². The van der Waals surface area contributed by atoms with Gasteiger partial charge in [-0.3, -0.25) is 4.79 Å². The zero-order chi connectivity index (χ0) is 24.1. The van der Waals surface area contributed by atoms with Crippen LogP contribution >= 0.6 is 23.4 Å². The molecule has 1 aliphatic rings. The minimum absolute atomic E-state index is 0.0303. The maximum atomic E-state index is 15.9. The minimum atomic E-state index is -3.74. The zero-order valence-corrected chi connectivity index (χ0v) is 19.3. The van der Waals surface area contributed by atoms with Gasteiger partial charge < -0.3 is 16.2 Å². The van der Waals surface area contributed by atoms with Gasteiger partial charge in [-0.25, -0.2) is 23.1 Å². The van der Waals surface area contributed by atoms with Gasteiger partial charge in [-0.1, -0.05) is 23.4 Å². The van der Waals surface area contributed by atoms with Crippen molar-refractivity contribution in [3.05, 3.63) is 58.6 Å². The second kappa shape index (κ2) is 7.93. The molecule has 0 spiro atoms. The third-order valence-corrected chi connectivity index (χ3v) is 7.42. The molecule has 0 unspecified atom stereocenters. The average molecular weight is 487 g/mol. The van der Waals surface area contributed by atoms with E-state index >= 15 is 8.78 Å². The fourth-order valence-corrected chi connectivity index (χ4v) is 4.81. The summed E-state index contributed by atoms with van der Waals surface area (Å²) in [5, 5.41) is 13.2. The van der Waals surface area contributed by atoms with Gasteiger partial charge in [-0.15, -0.1) is 0 Å². The Balaban J connectivity index is 2.07. The normalized spacial score (nSPS) is 25.2. The molecule has 172 valence electrons. The van der Waals surface area contributed by atoms with Crippen molar-refractivity contribution >= 4 is 40.1 Å². The van der Waals surface area contributed by atoms with Gasteiger partial charge in [0.05, 0.1) is 10.6 Å². The number of amidine groups is 1. The average Bonchev–Trinajstić information content (AvgIpc) is 2.67. The first-order valence-electron chi connectivity index (χ1n) is 9.50. The van der Waals surface area contributed by atoms with E-state index in [1.807, 2.05) is 0 Å². The van der Waals surface area contributed by atoms with Gasteiger partial charge >= 0.3 is 0 Å². The quantitative estimate of drug-likeness (QED) is 0.588. The Morgan fingerprint density at radius 2 is 1.91 bits per heavy atom. The zero-order valence-electron chi connectivity index (χ0n) is 17.7. The summed E-state index contributed by atoms with van der Waals surface area (Å²) in [6, 6.07) is 6.12. The lowest BCUT2D eigenvalue weighted by Gasteiger charge is -2.53. The number of benzene rings is 1. The summed E-state index contributed by atoms with van der Waals surface area (Å²) in [5.41, 5.74) is 1.10. The van der Waals surface area contributed by atoms with Gasteiger partial charge in [0.2, 0.25) is 0 Å². The van der Waals surface area contributed by atoms with E-state index in [1.165, 1.54) is 38.2 Å². The molecule has 6 nitrogen and oxygen atoms in total. The number of halogens is 4. The smallest absolute Gasteiger partial charge is 0.294 e. The number of carbonyl (C=O) groups is 1. The molecule has 0 saturated heterocycles. The first kappa shape index (κ1) is 24.3. The van der Waals surface area contributed by atoms with Gasteiger partial charge in [-0.05, 0) is 58.0 Å². The Labute approximate surface area is 192 Å². The lowest BCUT2D eigenvalue weighted by atomic mass is 9.73. The van der Waals surface area contributed by atoms with E-state index in [-0.39, 0.29) is 16.5 Å². The summed E-state index contributed by atoms with van der Waals surface area (Å²) < 4.78 is 44.6.